The Labute approximate surface area is 218 Å². The lowest BCUT2D eigenvalue weighted by Crippen LogP contribution is -2.54. The van der Waals surface area contributed by atoms with Crippen LogP contribution in [0.1, 0.15) is 11.1 Å². The number of rotatable bonds is 5. The van der Waals surface area contributed by atoms with E-state index < -0.39 is 28.0 Å². The maximum atomic E-state index is 13.0. The van der Waals surface area contributed by atoms with Crippen LogP contribution in [0.4, 0.5) is 10.5 Å². The molecule has 4 amide bonds. The van der Waals surface area contributed by atoms with Crippen molar-refractivity contribution >= 4 is 71.6 Å². The molecule has 0 saturated carbocycles. The van der Waals surface area contributed by atoms with Gasteiger partial charge in [0, 0.05) is 0 Å². The summed E-state index contributed by atoms with van der Waals surface area (Å²) in [6.07, 6.45) is 1.30. The van der Waals surface area contributed by atoms with Gasteiger partial charge in [-0.1, -0.05) is 35.9 Å². The number of hydrogen-bond acceptors (Lipinski definition) is 6. The van der Waals surface area contributed by atoms with Crippen LogP contribution in [0.15, 0.2) is 86.1 Å². The van der Waals surface area contributed by atoms with E-state index in [1.54, 1.807) is 42.5 Å². The summed E-state index contributed by atoms with van der Waals surface area (Å²) < 4.78 is 31.2. The molecule has 178 valence electrons. The molecule has 1 saturated heterocycles. The number of anilines is 1. The molecule has 0 radical (unpaired) electrons. The summed E-state index contributed by atoms with van der Waals surface area (Å²) in [6, 6.07) is 16.5. The molecule has 3 aromatic carbocycles. The van der Waals surface area contributed by atoms with Crippen LogP contribution >= 0.6 is 31.9 Å². The molecule has 1 fully saturated rings. The number of carbonyl (C=O) groups is 3. The average Bonchev–Trinajstić information content (AvgIpc) is 2.80. The molecule has 0 unspecified atom stereocenters. The maximum Gasteiger partial charge on any atom is 0.339 e. The van der Waals surface area contributed by atoms with Crippen LogP contribution in [0.2, 0.25) is 0 Å². The van der Waals surface area contributed by atoms with Crippen LogP contribution in [0.25, 0.3) is 6.08 Å². The molecular weight excluding hydrogens is 604 g/mol. The number of aryl methyl sites for hydroxylation is 1. The summed E-state index contributed by atoms with van der Waals surface area (Å²) in [5.41, 5.74) is 1.32. The molecule has 1 aliphatic rings. The molecule has 35 heavy (non-hydrogen) atoms. The van der Waals surface area contributed by atoms with Crippen molar-refractivity contribution in [3.8, 4) is 5.75 Å². The summed E-state index contributed by atoms with van der Waals surface area (Å²) in [6.45, 7) is 1.84. The number of halogens is 2. The topological polar surface area (TPSA) is 110 Å². The van der Waals surface area contributed by atoms with Gasteiger partial charge >= 0.3 is 16.1 Å². The normalized spacial score (nSPS) is 15.3. The first kappa shape index (κ1) is 24.8. The zero-order valence-electron chi connectivity index (χ0n) is 18.0. The van der Waals surface area contributed by atoms with Gasteiger partial charge in [-0.3, -0.25) is 14.9 Å². The van der Waals surface area contributed by atoms with Crippen molar-refractivity contribution in [2.24, 2.45) is 0 Å². The fourth-order valence-electron chi connectivity index (χ4n) is 3.24. The summed E-state index contributed by atoms with van der Waals surface area (Å²) in [5.74, 6) is -1.64. The highest BCUT2D eigenvalue weighted by Gasteiger charge is 2.36. The van der Waals surface area contributed by atoms with E-state index in [0.29, 0.717) is 11.3 Å². The van der Waals surface area contributed by atoms with E-state index in [1.807, 2.05) is 6.92 Å². The van der Waals surface area contributed by atoms with E-state index >= 15 is 0 Å². The van der Waals surface area contributed by atoms with Crippen LogP contribution in [0.3, 0.4) is 0 Å². The first-order valence-corrected chi connectivity index (χ1v) is 13.0. The molecule has 8 nitrogen and oxygen atoms in total. The number of imide groups is 2. The van der Waals surface area contributed by atoms with Gasteiger partial charge in [0.05, 0.1) is 14.6 Å². The zero-order chi connectivity index (χ0) is 25.3. The van der Waals surface area contributed by atoms with E-state index in [-0.39, 0.29) is 25.2 Å². The average molecular weight is 620 g/mol. The summed E-state index contributed by atoms with van der Waals surface area (Å²) in [5, 5.41) is 2.15. The molecule has 0 aliphatic carbocycles. The monoisotopic (exact) mass is 618 g/mol. The lowest BCUT2D eigenvalue weighted by atomic mass is 10.1. The standard InChI is InChI=1S/C24H16Br2N2O6S/c1-14-7-9-17(10-8-14)35(32,33)34-21-19(25)12-15(13-20(21)26)11-18-22(29)27-24(31)28(23(18)30)16-5-3-2-4-6-16/h2-13H,1H3,(H,27,29,31)/b18-11+. The van der Waals surface area contributed by atoms with Crippen LogP contribution in [0.5, 0.6) is 5.75 Å². The molecule has 0 spiro atoms. The molecule has 0 bridgehead atoms. The predicted molar refractivity (Wildman–Crippen MR) is 136 cm³/mol. The summed E-state index contributed by atoms with van der Waals surface area (Å²) in [7, 11) is -4.11. The number of urea groups is 1. The largest absolute Gasteiger partial charge is 0.377 e. The van der Waals surface area contributed by atoms with Crippen LogP contribution in [-0.4, -0.2) is 26.3 Å². The molecule has 0 atom stereocenters. The Morgan fingerprint density at radius 1 is 0.914 bits per heavy atom. The summed E-state index contributed by atoms with van der Waals surface area (Å²) >= 11 is 6.58. The van der Waals surface area contributed by atoms with Gasteiger partial charge in [-0.05, 0) is 86.8 Å². The minimum absolute atomic E-state index is 0.00626. The highest BCUT2D eigenvalue weighted by atomic mass is 79.9. The molecule has 11 heteroatoms. The number of nitrogens with one attached hydrogen (secondary N) is 1. The van der Waals surface area contributed by atoms with Crippen molar-refractivity contribution in [1.29, 1.82) is 0 Å². The lowest BCUT2D eigenvalue weighted by Gasteiger charge is -2.26. The van der Waals surface area contributed by atoms with Gasteiger partial charge in [-0.15, -0.1) is 0 Å². The molecule has 0 aromatic heterocycles. The molecule has 1 heterocycles. The van der Waals surface area contributed by atoms with Crippen LogP contribution in [0, 0.1) is 6.92 Å². The Hall–Kier alpha value is -3.28. The number of carbonyl (C=O) groups excluding carboxylic acids is 3. The Morgan fingerprint density at radius 2 is 1.51 bits per heavy atom. The maximum absolute atomic E-state index is 13.0. The summed E-state index contributed by atoms with van der Waals surface area (Å²) in [4.78, 5) is 38.6. The molecular formula is C24H16Br2N2O6S. The molecule has 1 aliphatic heterocycles. The highest BCUT2D eigenvalue weighted by molar-refractivity contribution is 9.11. The number of amides is 4. The number of benzene rings is 3. The van der Waals surface area contributed by atoms with E-state index in [0.717, 1.165) is 10.5 Å². The highest BCUT2D eigenvalue weighted by Crippen LogP contribution is 2.37. The van der Waals surface area contributed by atoms with Gasteiger partial charge < -0.3 is 4.18 Å². The fraction of sp³-hybridized carbons (Fsp3) is 0.0417. The lowest BCUT2D eigenvalue weighted by molar-refractivity contribution is -0.122. The smallest absolute Gasteiger partial charge is 0.339 e. The third kappa shape index (κ3) is 5.21. The Balaban J connectivity index is 1.66. The molecule has 4 rings (SSSR count). The third-order valence-corrected chi connectivity index (χ3v) is 7.36. The molecule has 3 aromatic rings. The van der Waals surface area contributed by atoms with E-state index in [9.17, 15) is 22.8 Å². The number of nitrogens with zero attached hydrogens (tertiary/aromatic N) is 1. The van der Waals surface area contributed by atoms with E-state index in [1.165, 1.54) is 30.3 Å². The molecule has 1 N–H and O–H groups in total. The third-order valence-electron chi connectivity index (χ3n) is 4.95. The minimum atomic E-state index is -4.11. The first-order chi connectivity index (χ1) is 16.6. The van der Waals surface area contributed by atoms with E-state index in [2.05, 4.69) is 37.2 Å². The fourth-order valence-corrected chi connectivity index (χ4v) is 5.80. The minimum Gasteiger partial charge on any atom is -0.377 e. The van der Waals surface area contributed by atoms with Crippen molar-refractivity contribution in [2.75, 3.05) is 4.90 Å². The Bertz CT molecular complexity index is 1460. The number of hydrogen-bond donors (Lipinski definition) is 1. The van der Waals surface area contributed by atoms with Crippen molar-refractivity contribution < 1.29 is 27.0 Å². The number of para-hydroxylation sites is 1. The first-order valence-electron chi connectivity index (χ1n) is 10.0. The van der Waals surface area contributed by atoms with Gasteiger partial charge in [0.25, 0.3) is 11.8 Å². The van der Waals surface area contributed by atoms with Gasteiger partial charge in [0.15, 0.2) is 5.75 Å². The second-order valence-electron chi connectivity index (χ2n) is 7.46. The van der Waals surface area contributed by atoms with Crippen molar-refractivity contribution in [2.45, 2.75) is 11.8 Å². The van der Waals surface area contributed by atoms with Crippen molar-refractivity contribution in [3.05, 3.63) is 92.4 Å². The SMILES string of the molecule is Cc1ccc(S(=O)(=O)Oc2c(Br)cc(/C=C3\C(=O)NC(=O)N(c4ccccc4)C3=O)cc2Br)cc1. The van der Waals surface area contributed by atoms with Gasteiger partial charge in [0.2, 0.25) is 0 Å². The van der Waals surface area contributed by atoms with Gasteiger partial charge in [-0.25, -0.2) is 9.69 Å². The van der Waals surface area contributed by atoms with Gasteiger partial charge in [0.1, 0.15) is 10.5 Å². The van der Waals surface area contributed by atoms with Crippen molar-refractivity contribution in [3.63, 3.8) is 0 Å². The second-order valence-corrected chi connectivity index (χ2v) is 10.7. The Kier molecular flexibility index (Phi) is 6.93. The van der Waals surface area contributed by atoms with Crippen molar-refractivity contribution in [1.82, 2.24) is 5.32 Å². The predicted octanol–water partition coefficient (Wildman–Crippen LogP) is 4.95. The van der Waals surface area contributed by atoms with Crippen LogP contribution < -0.4 is 14.4 Å². The van der Waals surface area contributed by atoms with E-state index in [4.69, 9.17) is 4.18 Å². The van der Waals surface area contributed by atoms with Gasteiger partial charge in [-0.2, -0.15) is 8.42 Å². The van der Waals surface area contributed by atoms with Crippen LogP contribution in [-0.2, 0) is 19.7 Å². The Morgan fingerprint density at radius 3 is 2.11 bits per heavy atom. The second kappa shape index (κ2) is 9.76. The zero-order valence-corrected chi connectivity index (χ0v) is 22.0. The quantitative estimate of drug-likeness (QED) is 0.246. The number of barbiturate groups is 1.